The maximum atomic E-state index is 12.8. The van der Waals surface area contributed by atoms with Crippen LogP contribution in [0.5, 0.6) is 0 Å². The zero-order valence-corrected chi connectivity index (χ0v) is 14.2. The SMILES string of the molecule is CCCCNc1ccccc1C(=O)N1CCN(C(=O)CC)CC1. The lowest BCUT2D eigenvalue weighted by Crippen LogP contribution is -2.50. The molecule has 0 atom stereocenters. The number of amides is 2. The zero-order valence-electron chi connectivity index (χ0n) is 14.2. The van der Waals surface area contributed by atoms with E-state index in [0.29, 0.717) is 32.6 Å². The Kier molecular flexibility index (Phi) is 6.44. The Balaban J connectivity index is 2.00. The summed E-state index contributed by atoms with van der Waals surface area (Å²) in [5.74, 6) is 0.215. The highest BCUT2D eigenvalue weighted by molar-refractivity contribution is 5.99. The summed E-state index contributed by atoms with van der Waals surface area (Å²) in [6.45, 7) is 7.36. The number of anilines is 1. The van der Waals surface area contributed by atoms with Crippen LogP contribution in [0, 0.1) is 0 Å². The van der Waals surface area contributed by atoms with Gasteiger partial charge in [0.15, 0.2) is 0 Å². The molecule has 0 bridgehead atoms. The van der Waals surface area contributed by atoms with Crippen LogP contribution in [0.3, 0.4) is 0 Å². The molecule has 0 saturated carbocycles. The minimum Gasteiger partial charge on any atom is -0.384 e. The second kappa shape index (κ2) is 8.56. The summed E-state index contributed by atoms with van der Waals surface area (Å²) in [7, 11) is 0. The van der Waals surface area contributed by atoms with Crippen molar-refractivity contribution >= 4 is 17.5 Å². The molecule has 1 aromatic rings. The molecule has 23 heavy (non-hydrogen) atoms. The molecule has 1 heterocycles. The Morgan fingerprint density at radius 3 is 2.35 bits per heavy atom. The number of carbonyl (C=O) groups is 2. The Morgan fingerprint density at radius 1 is 1.04 bits per heavy atom. The van der Waals surface area contributed by atoms with Crippen LogP contribution in [0.1, 0.15) is 43.5 Å². The first-order valence-corrected chi connectivity index (χ1v) is 8.57. The predicted molar refractivity (Wildman–Crippen MR) is 92.6 cm³/mol. The van der Waals surface area contributed by atoms with E-state index < -0.39 is 0 Å². The van der Waals surface area contributed by atoms with Crippen molar-refractivity contribution in [3.8, 4) is 0 Å². The first kappa shape index (κ1) is 17.3. The fourth-order valence-electron chi connectivity index (χ4n) is 2.78. The van der Waals surface area contributed by atoms with Crippen LogP contribution in [0.2, 0.25) is 0 Å². The lowest BCUT2D eigenvalue weighted by atomic mass is 10.1. The summed E-state index contributed by atoms with van der Waals surface area (Å²) in [5, 5.41) is 3.36. The minimum atomic E-state index is 0.0493. The predicted octanol–water partition coefficient (Wildman–Crippen LogP) is 2.59. The van der Waals surface area contributed by atoms with Gasteiger partial charge in [-0.1, -0.05) is 32.4 Å². The van der Waals surface area contributed by atoms with Gasteiger partial charge >= 0.3 is 0 Å². The van der Waals surface area contributed by atoms with Crippen molar-refractivity contribution in [2.24, 2.45) is 0 Å². The monoisotopic (exact) mass is 317 g/mol. The van der Waals surface area contributed by atoms with Crippen molar-refractivity contribution in [2.45, 2.75) is 33.1 Å². The van der Waals surface area contributed by atoms with Crippen molar-refractivity contribution in [2.75, 3.05) is 38.0 Å². The maximum absolute atomic E-state index is 12.8. The molecule has 126 valence electrons. The van der Waals surface area contributed by atoms with Crippen LogP contribution in [0.15, 0.2) is 24.3 Å². The largest absolute Gasteiger partial charge is 0.384 e. The summed E-state index contributed by atoms with van der Waals surface area (Å²) < 4.78 is 0. The third-order valence-electron chi connectivity index (χ3n) is 4.23. The van der Waals surface area contributed by atoms with Crippen molar-refractivity contribution in [3.63, 3.8) is 0 Å². The molecular weight excluding hydrogens is 290 g/mol. The van der Waals surface area contributed by atoms with Crippen LogP contribution in [-0.4, -0.2) is 54.3 Å². The highest BCUT2D eigenvalue weighted by atomic mass is 16.2. The normalized spacial score (nSPS) is 14.7. The Labute approximate surface area is 138 Å². The van der Waals surface area contributed by atoms with Crippen LogP contribution in [-0.2, 0) is 4.79 Å². The van der Waals surface area contributed by atoms with E-state index in [1.54, 1.807) is 0 Å². The third-order valence-corrected chi connectivity index (χ3v) is 4.23. The quantitative estimate of drug-likeness (QED) is 0.821. The Morgan fingerprint density at radius 2 is 1.70 bits per heavy atom. The number of piperazine rings is 1. The van der Waals surface area contributed by atoms with Gasteiger partial charge in [0.05, 0.1) is 5.56 Å². The lowest BCUT2D eigenvalue weighted by Gasteiger charge is -2.35. The number of nitrogens with one attached hydrogen (secondary N) is 1. The number of carbonyl (C=O) groups excluding carboxylic acids is 2. The van der Waals surface area contributed by atoms with Crippen LogP contribution >= 0.6 is 0 Å². The van der Waals surface area contributed by atoms with Gasteiger partial charge in [-0.2, -0.15) is 0 Å². The summed E-state index contributed by atoms with van der Waals surface area (Å²) in [6.07, 6.45) is 2.73. The first-order valence-electron chi connectivity index (χ1n) is 8.57. The fourth-order valence-corrected chi connectivity index (χ4v) is 2.78. The van der Waals surface area contributed by atoms with E-state index in [9.17, 15) is 9.59 Å². The maximum Gasteiger partial charge on any atom is 0.256 e. The highest BCUT2D eigenvalue weighted by Gasteiger charge is 2.25. The molecule has 0 radical (unpaired) electrons. The average Bonchev–Trinajstić information content (AvgIpc) is 2.61. The standard InChI is InChI=1S/C18H27N3O2/c1-3-5-10-19-16-9-7-6-8-15(16)18(23)21-13-11-20(12-14-21)17(22)4-2/h6-9,19H,3-5,10-14H2,1-2H3. The van der Waals surface area contributed by atoms with E-state index in [-0.39, 0.29) is 11.8 Å². The van der Waals surface area contributed by atoms with Gasteiger partial charge in [0.25, 0.3) is 5.91 Å². The summed E-state index contributed by atoms with van der Waals surface area (Å²) in [6, 6.07) is 7.68. The Bertz CT molecular complexity index is 537. The molecule has 1 aliphatic heterocycles. The van der Waals surface area contributed by atoms with Gasteiger partial charge in [-0.25, -0.2) is 0 Å². The van der Waals surface area contributed by atoms with Crippen molar-refractivity contribution in [1.82, 2.24) is 9.80 Å². The van der Waals surface area contributed by atoms with Crippen LogP contribution < -0.4 is 5.32 Å². The molecule has 2 amide bonds. The number of benzene rings is 1. The van der Waals surface area contributed by atoms with Crippen molar-refractivity contribution in [3.05, 3.63) is 29.8 Å². The molecule has 0 unspecified atom stereocenters. The van der Waals surface area contributed by atoms with E-state index in [4.69, 9.17) is 0 Å². The summed E-state index contributed by atoms with van der Waals surface area (Å²) in [5.41, 5.74) is 1.62. The van der Waals surface area contributed by atoms with E-state index in [1.807, 2.05) is 41.0 Å². The number of para-hydroxylation sites is 1. The fraction of sp³-hybridized carbons (Fsp3) is 0.556. The van der Waals surface area contributed by atoms with Gasteiger partial charge in [-0.15, -0.1) is 0 Å². The van der Waals surface area contributed by atoms with E-state index in [1.165, 1.54) is 0 Å². The molecule has 2 rings (SSSR count). The van der Waals surface area contributed by atoms with Crippen LogP contribution in [0.25, 0.3) is 0 Å². The minimum absolute atomic E-state index is 0.0493. The van der Waals surface area contributed by atoms with Crippen molar-refractivity contribution < 1.29 is 9.59 Å². The van der Waals surface area contributed by atoms with E-state index in [0.717, 1.165) is 30.6 Å². The molecule has 1 fully saturated rings. The topological polar surface area (TPSA) is 52.7 Å². The van der Waals surface area contributed by atoms with Crippen molar-refractivity contribution in [1.29, 1.82) is 0 Å². The molecule has 1 aliphatic rings. The number of rotatable bonds is 6. The lowest BCUT2D eigenvalue weighted by molar-refractivity contribution is -0.132. The Hall–Kier alpha value is -2.04. The summed E-state index contributed by atoms with van der Waals surface area (Å²) >= 11 is 0. The number of hydrogen-bond acceptors (Lipinski definition) is 3. The molecule has 5 nitrogen and oxygen atoms in total. The van der Waals surface area contributed by atoms with Gasteiger partial charge < -0.3 is 15.1 Å². The zero-order chi connectivity index (χ0) is 16.7. The molecule has 1 saturated heterocycles. The second-order valence-corrected chi connectivity index (χ2v) is 5.85. The number of nitrogens with zero attached hydrogens (tertiary/aromatic N) is 2. The van der Waals surface area contributed by atoms with Gasteiger partial charge in [-0.05, 0) is 18.6 Å². The van der Waals surface area contributed by atoms with Gasteiger partial charge in [0.2, 0.25) is 5.91 Å². The first-order chi connectivity index (χ1) is 11.2. The number of hydrogen-bond donors (Lipinski definition) is 1. The smallest absolute Gasteiger partial charge is 0.256 e. The molecule has 0 spiro atoms. The third kappa shape index (κ3) is 4.47. The van der Waals surface area contributed by atoms with Crippen LogP contribution in [0.4, 0.5) is 5.69 Å². The van der Waals surface area contributed by atoms with Gasteiger partial charge in [-0.3, -0.25) is 9.59 Å². The van der Waals surface area contributed by atoms with E-state index >= 15 is 0 Å². The second-order valence-electron chi connectivity index (χ2n) is 5.85. The highest BCUT2D eigenvalue weighted by Crippen LogP contribution is 2.18. The molecule has 1 aromatic carbocycles. The average molecular weight is 317 g/mol. The van der Waals surface area contributed by atoms with Gasteiger partial charge in [0, 0.05) is 44.8 Å². The molecule has 1 N–H and O–H groups in total. The summed E-state index contributed by atoms with van der Waals surface area (Å²) in [4.78, 5) is 28.2. The molecule has 5 heteroatoms. The molecule has 0 aliphatic carbocycles. The molecular formula is C18H27N3O2. The van der Waals surface area contributed by atoms with Gasteiger partial charge in [0.1, 0.15) is 0 Å². The molecule has 0 aromatic heterocycles. The van der Waals surface area contributed by atoms with E-state index in [2.05, 4.69) is 12.2 Å². The number of unbranched alkanes of at least 4 members (excludes halogenated alkanes) is 1.